The topological polar surface area (TPSA) is 124 Å². The SMILES string of the molecule is CCCC[C@@H](CO)NC(=O)C(=O)c1cc(C(=O)Nc2ccc(F)c(C#N)c2)n(C)c1C.S. The van der Waals surface area contributed by atoms with Crippen molar-refractivity contribution in [1.82, 2.24) is 9.88 Å². The number of rotatable bonds is 9. The Hall–Kier alpha value is -3.16. The minimum atomic E-state index is -0.854. The van der Waals surface area contributed by atoms with Gasteiger partial charge in [-0.25, -0.2) is 4.39 Å². The molecule has 1 aromatic heterocycles. The van der Waals surface area contributed by atoms with Gasteiger partial charge >= 0.3 is 0 Å². The molecule has 10 heteroatoms. The number of nitriles is 1. The van der Waals surface area contributed by atoms with Crippen molar-refractivity contribution in [3.8, 4) is 6.07 Å². The number of hydrogen-bond donors (Lipinski definition) is 3. The summed E-state index contributed by atoms with van der Waals surface area (Å²) in [6, 6.07) is 6.07. The van der Waals surface area contributed by atoms with Gasteiger partial charge in [-0.15, -0.1) is 0 Å². The molecule has 0 aliphatic rings. The lowest BCUT2D eigenvalue weighted by Crippen LogP contribution is -2.41. The molecule has 0 fully saturated rings. The maximum Gasteiger partial charge on any atom is 0.292 e. The molecular weight excluding hydrogens is 435 g/mol. The molecule has 2 aromatic rings. The average Bonchev–Trinajstić information content (AvgIpc) is 3.06. The lowest BCUT2D eigenvalue weighted by atomic mass is 10.1. The van der Waals surface area contributed by atoms with E-state index in [1.54, 1.807) is 20.0 Å². The van der Waals surface area contributed by atoms with E-state index in [1.165, 1.54) is 22.8 Å². The first-order chi connectivity index (χ1) is 14.7. The maximum absolute atomic E-state index is 13.5. The molecule has 1 aromatic carbocycles. The fourth-order valence-corrected chi connectivity index (χ4v) is 3.06. The van der Waals surface area contributed by atoms with E-state index in [9.17, 15) is 23.9 Å². The number of aliphatic hydroxyl groups is 1. The number of ketones is 1. The second kappa shape index (κ2) is 12.0. The molecule has 0 bridgehead atoms. The summed E-state index contributed by atoms with van der Waals surface area (Å²) in [5.74, 6) is -2.95. The van der Waals surface area contributed by atoms with Crippen molar-refractivity contribution in [3.63, 3.8) is 0 Å². The van der Waals surface area contributed by atoms with Crippen molar-refractivity contribution in [2.75, 3.05) is 11.9 Å². The van der Waals surface area contributed by atoms with Crippen LogP contribution in [0.5, 0.6) is 0 Å². The van der Waals surface area contributed by atoms with Gasteiger partial charge in [-0.05, 0) is 37.6 Å². The summed E-state index contributed by atoms with van der Waals surface area (Å²) in [5.41, 5.74) is 0.593. The molecule has 2 rings (SSSR count). The molecule has 0 unspecified atom stereocenters. The van der Waals surface area contributed by atoms with E-state index in [0.717, 1.165) is 18.9 Å². The highest BCUT2D eigenvalue weighted by Crippen LogP contribution is 2.19. The number of benzene rings is 1. The third-order valence-corrected chi connectivity index (χ3v) is 5.03. The second-order valence-electron chi connectivity index (χ2n) is 7.17. The molecule has 0 saturated heterocycles. The summed E-state index contributed by atoms with van der Waals surface area (Å²) in [6.45, 7) is 3.31. The van der Waals surface area contributed by atoms with Crippen molar-refractivity contribution in [3.05, 3.63) is 52.6 Å². The predicted molar refractivity (Wildman–Crippen MR) is 122 cm³/mol. The zero-order chi connectivity index (χ0) is 23.1. The standard InChI is InChI=1S/C22H25FN4O4.H2S/c1-4-5-6-16(12-28)26-22(31)20(29)17-10-19(27(3)13(17)2)21(30)25-15-7-8-18(23)14(9-15)11-24;/h7-10,16,28H,4-6,12H2,1-3H3,(H,25,30)(H,26,31);1H2/t16-;/m0./s1. The number of Topliss-reactive ketones (excluding diaryl/α,β-unsaturated/α-hetero) is 1. The number of hydrogen-bond acceptors (Lipinski definition) is 5. The molecule has 0 spiro atoms. The van der Waals surface area contributed by atoms with E-state index in [1.807, 2.05) is 6.92 Å². The van der Waals surface area contributed by atoms with E-state index >= 15 is 0 Å². The average molecular weight is 463 g/mol. The van der Waals surface area contributed by atoms with Crippen molar-refractivity contribution in [2.45, 2.75) is 39.2 Å². The van der Waals surface area contributed by atoms with Crippen LogP contribution in [-0.2, 0) is 11.8 Å². The molecule has 1 atom stereocenters. The molecular formula is C22H27FN4O4S. The van der Waals surface area contributed by atoms with E-state index < -0.39 is 29.5 Å². The molecule has 0 aliphatic heterocycles. The van der Waals surface area contributed by atoms with Gasteiger partial charge in [0.05, 0.1) is 18.2 Å². The van der Waals surface area contributed by atoms with Crippen molar-refractivity contribution >= 4 is 36.8 Å². The Labute approximate surface area is 192 Å². The first kappa shape index (κ1) is 26.9. The van der Waals surface area contributed by atoms with E-state index in [0.29, 0.717) is 12.1 Å². The van der Waals surface area contributed by atoms with Crippen molar-refractivity contribution < 1.29 is 23.9 Å². The fourth-order valence-electron chi connectivity index (χ4n) is 3.06. The van der Waals surface area contributed by atoms with Gasteiger partial charge in [0, 0.05) is 24.0 Å². The van der Waals surface area contributed by atoms with Crippen LogP contribution in [0.4, 0.5) is 10.1 Å². The van der Waals surface area contributed by atoms with Gasteiger partial charge in [-0.3, -0.25) is 14.4 Å². The van der Waals surface area contributed by atoms with Gasteiger partial charge in [0.15, 0.2) is 0 Å². The van der Waals surface area contributed by atoms with Crippen LogP contribution in [0.25, 0.3) is 0 Å². The van der Waals surface area contributed by atoms with Gasteiger partial charge in [-0.1, -0.05) is 19.8 Å². The molecule has 0 radical (unpaired) electrons. The summed E-state index contributed by atoms with van der Waals surface area (Å²) in [4.78, 5) is 37.7. The minimum absolute atomic E-state index is 0. The molecule has 1 heterocycles. The Bertz CT molecular complexity index is 1050. The molecule has 172 valence electrons. The summed E-state index contributed by atoms with van der Waals surface area (Å²) in [7, 11) is 1.57. The van der Waals surface area contributed by atoms with Crippen LogP contribution in [0, 0.1) is 24.1 Å². The fraction of sp³-hybridized carbons (Fsp3) is 0.364. The van der Waals surface area contributed by atoms with Gasteiger partial charge in [0.1, 0.15) is 17.6 Å². The smallest absolute Gasteiger partial charge is 0.292 e. The molecule has 8 nitrogen and oxygen atoms in total. The van der Waals surface area contributed by atoms with Crippen LogP contribution in [-0.4, -0.2) is 39.9 Å². The second-order valence-corrected chi connectivity index (χ2v) is 7.17. The minimum Gasteiger partial charge on any atom is -0.394 e. The number of aliphatic hydroxyl groups excluding tert-OH is 1. The number of amides is 2. The van der Waals surface area contributed by atoms with Gasteiger partial charge in [0.2, 0.25) is 0 Å². The van der Waals surface area contributed by atoms with Crippen LogP contribution in [0.3, 0.4) is 0 Å². The van der Waals surface area contributed by atoms with Gasteiger partial charge in [0.25, 0.3) is 17.6 Å². The molecule has 0 saturated carbocycles. The largest absolute Gasteiger partial charge is 0.394 e. The number of nitrogens with one attached hydrogen (secondary N) is 2. The van der Waals surface area contributed by atoms with E-state index in [4.69, 9.17) is 5.26 Å². The molecule has 32 heavy (non-hydrogen) atoms. The van der Waals surface area contributed by atoms with Gasteiger partial charge < -0.3 is 20.3 Å². The summed E-state index contributed by atoms with van der Waals surface area (Å²) in [5, 5.41) is 23.4. The highest BCUT2D eigenvalue weighted by atomic mass is 32.1. The molecule has 0 aliphatic carbocycles. The number of halogens is 1. The summed E-state index contributed by atoms with van der Waals surface area (Å²) < 4.78 is 14.9. The Kier molecular flexibility index (Phi) is 10.1. The Balaban J connectivity index is 0.00000512. The number of carbonyl (C=O) groups excluding carboxylic acids is 3. The zero-order valence-corrected chi connectivity index (χ0v) is 19.2. The zero-order valence-electron chi connectivity index (χ0n) is 18.2. The Morgan fingerprint density at radius 1 is 1.28 bits per heavy atom. The number of unbranched alkanes of at least 4 members (excludes halogenated alkanes) is 1. The molecule has 2 amide bonds. The maximum atomic E-state index is 13.5. The number of carbonyl (C=O) groups is 3. The monoisotopic (exact) mass is 462 g/mol. The lowest BCUT2D eigenvalue weighted by Gasteiger charge is -2.15. The van der Waals surface area contributed by atoms with Crippen molar-refractivity contribution in [2.24, 2.45) is 7.05 Å². The number of aromatic nitrogens is 1. The van der Waals surface area contributed by atoms with Crippen LogP contribution in [0.1, 0.15) is 58.3 Å². The highest BCUT2D eigenvalue weighted by molar-refractivity contribution is 7.59. The Morgan fingerprint density at radius 2 is 1.97 bits per heavy atom. The first-order valence-corrected chi connectivity index (χ1v) is 9.86. The third-order valence-electron chi connectivity index (χ3n) is 5.03. The van der Waals surface area contributed by atoms with Gasteiger partial charge in [-0.2, -0.15) is 18.8 Å². The highest BCUT2D eigenvalue weighted by Gasteiger charge is 2.26. The van der Waals surface area contributed by atoms with Crippen LogP contribution in [0.2, 0.25) is 0 Å². The number of anilines is 1. The first-order valence-electron chi connectivity index (χ1n) is 9.86. The summed E-state index contributed by atoms with van der Waals surface area (Å²) >= 11 is 0. The molecule has 3 N–H and O–H groups in total. The van der Waals surface area contributed by atoms with Crippen molar-refractivity contribution in [1.29, 1.82) is 5.26 Å². The summed E-state index contributed by atoms with van der Waals surface area (Å²) in [6.07, 6.45) is 2.24. The Morgan fingerprint density at radius 3 is 2.56 bits per heavy atom. The predicted octanol–water partition coefficient (Wildman–Crippen LogP) is 2.56. The third kappa shape index (κ3) is 6.18. The van der Waals surface area contributed by atoms with E-state index in [2.05, 4.69) is 10.6 Å². The van der Waals surface area contributed by atoms with Crippen LogP contribution in [0.15, 0.2) is 24.3 Å². The van der Waals surface area contributed by atoms with Crippen LogP contribution >= 0.6 is 13.5 Å². The van der Waals surface area contributed by atoms with Crippen LogP contribution < -0.4 is 10.6 Å². The van der Waals surface area contributed by atoms with E-state index in [-0.39, 0.29) is 42.6 Å². The quantitative estimate of drug-likeness (QED) is 0.390. The lowest BCUT2D eigenvalue weighted by molar-refractivity contribution is -0.118. The number of nitrogens with zero attached hydrogens (tertiary/aromatic N) is 2. The normalized spacial score (nSPS) is 11.1.